The van der Waals surface area contributed by atoms with E-state index in [1.54, 1.807) is 0 Å². The molecule has 1 fully saturated rings. The predicted molar refractivity (Wildman–Crippen MR) is 100 cm³/mol. The van der Waals surface area contributed by atoms with E-state index in [2.05, 4.69) is 22.1 Å². The standard InChI is InChI=1S/C22H19FN2O/c23-17-12-19-18-11-16(5-6-21(18)26-22(19)25-13-17)20-10-15(7-8-24-20)9-14-3-1-2-4-14/h5-8,10-14H,1-4,9H2. The van der Waals surface area contributed by atoms with Crippen molar-refractivity contribution in [2.24, 2.45) is 5.92 Å². The van der Waals surface area contributed by atoms with Gasteiger partial charge in [0.1, 0.15) is 11.4 Å². The predicted octanol–water partition coefficient (Wildman–Crippen LogP) is 5.91. The Balaban J connectivity index is 1.55. The molecule has 0 unspecified atom stereocenters. The van der Waals surface area contributed by atoms with Gasteiger partial charge in [0, 0.05) is 17.1 Å². The number of furan rings is 1. The number of nitrogens with zero attached hydrogens (tertiary/aromatic N) is 2. The molecule has 0 aliphatic heterocycles. The van der Waals surface area contributed by atoms with Crippen molar-refractivity contribution in [1.29, 1.82) is 0 Å². The van der Waals surface area contributed by atoms with Crippen molar-refractivity contribution < 1.29 is 8.81 Å². The van der Waals surface area contributed by atoms with Crippen molar-refractivity contribution in [2.45, 2.75) is 32.1 Å². The molecule has 0 spiro atoms. The quantitative estimate of drug-likeness (QED) is 0.462. The van der Waals surface area contributed by atoms with Crippen LogP contribution in [0.25, 0.3) is 33.3 Å². The van der Waals surface area contributed by atoms with Gasteiger partial charge in [-0.1, -0.05) is 25.7 Å². The molecule has 1 aliphatic carbocycles. The average molecular weight is 346 g/mol. The number of hydrogen-bond acceptors (Lipinski definition) is 3. The third-order valence-corrected chi connectivity index (χ3v) is 5.41. The van der Waals surface area contributed by atoms with Gasteiger partial charge in [-0.2, -0.15) is 0 Å². The van der Waals surface area contributed by atoms with E-state index in [1.165, 1.54) is 43.5 Å². The highest BCUT2D eigenvalue weighted by atomic mass is 19.1. The lowest BCUT2D eigenvalue weighted by molar-refractivity contribution is 0.546. The first-order valence-corrected chi connectivity index (χ1v) is 9.19. The lowest BCUT2D eigenvalue weighted by Gasteiger charge is -2.10. The summed E-state index contributed by atoms with van der Waals surface area (Å²) in [5.41, 5.74) is 4.47. The highest BCUT2D eigenvalue weighted by molar-refractivity contribution is 6.04. The maximum absolute atomic E-state index is 13.6. The molecule has 4 aromatic rings. The Morgan fingerprint density at radius 3 is 2.77 bits per heavy atom. The minimum atomic E-state index is -0.359. The molecule has 1 aliphatic rings. The molecule has 0 atom stereocenters. The van der Waals surface area contributed by atoms with E-state index in [1.807, 2.05) is 24.4 Å². The summed E-state index contributed by atoms with van der Waals surface area (Å²) in [6.45, 7) is 0. The van der Waals surface area contributed by atoms with Crippen LogP contribution in [0.2, 0.25) is 0 Å². The summed E-state index contributed by atoms with van der Waals surface area (Å²) < 4.78 is 19.3. The summed E-state index contributed by atoms with van der Waals surface area (Å²) >= 11 is 0. The van der Waals surface area contributed by atoms with Gasteiger partial charge in [0.25, 0.3) is 0 Å². The molecule has 3 aromatic heterocycles. The summed E-state index contributed by atoms with van der Waals surface area (Å²) in [6.07, 6.45) is 9.58. The van der Waals surface area contributed by atoms with Crippen LogP contribution in [0.3, 0.4) is 0 Å². The van der Waals surface area contributed by atoms with E-state index in [4.69, 9.17) is 4.42 Å². The molecule has 0 N–H and O–H groups in total. The lowest BCUT2D eigenvalue weighted by atomic mass is 9.97. The van der Waals surface area contributed by atoms with E-state index in [9.17, 15) is 4.39 Å². The zero-order valence-electron chi connectivity index (χ0n) is 14.4. The molecule has 4 heteroatoms. The van der Waals surface area contributed by atoms with Crippen molar-refractivity contribution in [3.8, 4) is 11.3 Å². The minimum absolute atomic E-state index is 0.359. The van der Waals surface area contributed by atoms with Crippen molar-refractivity contribution in [1.82, 2.24) is 9.97 Å². The third kappa shape index (κ3) is 2.75. The number of aromatic nitrogens is 2. The van der Waals surface area contributed by atoms with Gasteiger partial charge in [0.2, 0.25) is 5.71 Å². The molecule has 5 rings (SSSR count). The fourth-order valence-electron chi connectivity index (χ4n) is 4.10. The Bertz CT molecular complexity index is 1100. The number of fused-ring (bicyclic) bond motifs is 3. The molecule has 3 nitrogen and oxygen atoms in total. The Labute approximate surface area is 150 Å². The van der Waals surface area contributed by atoms with E-state index in [-0.39, 0.29) is 5.82 Å². The van der Waals surface area contributed by atoms with Crippen LogP contribution < -0.4 is 0 Å². The zero-order valence-corrected chi connectivity index (χ0v) is 14.4. The van der Waals surface area contributed by atoms with Crippen LogP contribution in [-0.2, 0) is 6.42 Å². The van der Waals surface area contributed by atoms with Crippen molar-refractivity contribution >= 4 is 22.1 Å². The van der Waals surface area contributed by atoms with Gasteiger partial charge in [0.05, 0.1) is 17.3 Å². The van der Waals surface area contributed by atoms with Crippen LogP contribution in [0.15, 0.2) is 53.2 Å². The van der Waals surface area contributed by atoms with Gasteiger partial charge < -0.3 is 4.42 Å². The van der Waals surface area contributed by atoms with Crippen molar-refractivity contribution in [3.63, 3.8) is 0 Å². The fraction of sp³-hybridized carbons (Fsp3) is 0.273. The van der Waals surface area contributed by atoms with Crippen LogP contribution in [0.4, 0.5) is 4.39 Å². The zero-order chi connectivity index (χ0) is 17.5. The van der Waals surface area contributed by atoms with Gasteiger partial charge in [-0.25, -0.2) is 9.37 Å². The van der Waals surface area contributed by atoms with Crippen LogP contribution in [0.5, 0.6) is 0 Å². The average Bonchev–Trinajstić information content (AvgIpc) is 3.29. The second kappa shape index (κ2) is 6.20. The number of pyridine rings is 2. The Morgan fingerprint density at radius 1 is 1.00 bits per heavy atom. The summed E-state index contributed by atoms with van der Waals surface area (Å²) in [6, 6.07) is 11.7. The van der Waals surface area contributed by atoms with Gasteiger partial charge >= 0.3 is 0 Å². The van der Waals surface area contributed by atoms with Gasteiger partial charge in [-0.15, -0.1) is 0 Å². The molecule has 0 amide bonds. The maximum Gasteiger partial charge on any atom is 0.227 e. The molecule has 0 radical (unpaired) electrons. The van der Waals surface area contributed by atoms with Crippen molar-refractivity contribution in [3.05, 3.63) is 60.2 Å². The number of rotatable bonds is 3. The SMILES string of the molecule is Fc1cnc2oc3ccc(-c4cc(CC5CCCC5)ccn4)cc3c2c1. The first-order valence-electron chi connectivity index (χ1n) is 9.19. The Hall–Kier alpha value is -2.75. The number of benzene rings is 1. The monoisotopic (exact) mass is 346 g/mol. The van der Waals surface area contributed by atoms with Gasteiger partial charge in [-0.3, -0.25) is 4.98 Å². The fourth-order valence-corrected chi connectivity index (χ4v) is 4.10. The van der Waals surface area contributed by atoms with Gasteiger partial charge in [-0.05, 0) is 54.3 Å². The van der Waals surface area contributed by atoms with E-state index >= 15 is 0 Å². The third-order valence-electron chi connectivity index (χ3n) is 5.41. The van der Waals surface area contributed by atoms with Gasteiger partial charge in [0.15, 0.2) is 0 Å². The highest BCUT2D eigenvalue weighted by Crippen LogP contribution is 2.32. The molecule has 3 heterocycles. The van der Waals surface area contributed by atoms with Crippen molar-refractivity contribution in [2.75, 3.05) is 0 Å². The lowest BCUT2D eigenvalue weighted by Crippen LogP contribution is -1.99. The van der Waals surface area contributed by atoms with Crippen LogP contribution in [-0.4, -0.2) is 9.97 Å². The molecule has 130 valence electrons. The molecule has 0 saturated heterocycles. The summed E-state index contributed by atoms with van der Waals surface area (Å²) in [5, 5.41) is 1.57. The molecule has 1 aromatic carbocycles. The molecular formula is C22H19FN2O. The highest BCUT2D eigenvalue weighted by Gasteiger charge is 2.16. The summed E-state index contributed by atoms with van der Waals surface area (Å²) in [5.74, 6) is 0.446. The molecule has 1 saturated carbocycles. The molecular weight excluding hydrogens is 327 g/mol. The number of halogens is 1. The van der Waals surface area contributed by atoms with Crippen LogP contribution in [0, 0.1) is 11.7 Å². The van der Waals surface area contributed by atoms with E-state index in [0.717, 1.165) is 29.0 Å². The summed E-state index contributed by atoms with van der Waals surface area (Å²) in [7, 11) is 0. The van der Waals surface area contributed by atoms with Crippen LogP contribution in [0.1, 0.15) is 31.2 Å². The molecule has 26 heavy (non-hydrogen) atoms. The minimum Gasteiger partial charge on any atom is -0.438 e. The topological polar surface area (TPSA) is 38.9 Å². The Morgan fingerprint density at radius 2 is 1.88 bits per heavy atom. The largest absolute Gasteiger partial charge is 0.438 e. The Kier molecular flexibility index (Phi) is 3.70. The normalized spacial score (nSPS) is 15.3. The van der Waals surface area contributed by atoms with E-state index < -0.39 is 0 Å². The van der Waals surface area contributed by atoms with Crippen LogP contribution >= 0.6 is 0 Å². The second-order valence-corrected chi connectivity index (χ2v) is 7.22. The smallest absolute Gasteiger partial charge is 0.227 e. The number of hydrogen-bond donors (Lipinski definition) is 0. The van der Waals surface area contributed by atoms with E-state index in [0.29, 0.717) is 16.7 Å². The maximum atomic E-state index is 13.6. The summed E-state index contributed by atoms with van der Waals surface area (Å²) in [4.78, 5) is 8.59. The first kappa shape index (κ1) is 15.5. The second-order valence-electron chi connectivity index (χ2n) is 7.22. The first-order chi connectivity index (χ1) is 12.8. The molecule has 0 bridgehead atoms.